The molecule has 1 aliphatic heterocycles. The van der Waals surface area contributed by atoms with E-state index in [1.54, 1.807) is 0 Å². The van der Waals surface area contributed by atoms with Gasteiger partial charge in [0, 0.05) is 29.8 Å². The van der Waals surface area contributed by atoms with Crippen molar-refractivity contribution >= 4 is 17.3 Å². The summed E-state index contributed by atoms with van der Waals surface area (Å²) in [5, 5.41) is 13.0. The van der Waals surface area contributed by atoms with Crippen LogP contribution in [0.25, 0.3) is 0 Å². The van der Waals surface area contributed by atoms with Crippen LogP contribution in [0.3, 0.4) is 0 Å². The first-order valence-electron chi connectivity index (χ1n) is 6.32. The molecule has 0 radical (unpaired) electrons. The van der Waals surface area contributed by atoms with Crippen LogP contribution in [0.2, 0.25) is 5.02 Å². The monoisotopic (exact) mass is 263 g/mol. The normalized spacial score (nSPS) is 20.3. The molecule has 96 valence electrons. The van der Waals surface area contributed by atoms with Crippen molar-refractivity contribution in [2.45, 2.75) is 25.8 Å². The van der Waals surface area contributed by atoms with E-state index >= 15 is 0 Å². The molecule has 1 N–H and O–H groups in total. The summed E-state index contributed by atoms with van der Waals surface area (Å²) < 4.78 is 0. The lowest BCUT2D eigenvalue weighted by Gasteiger charge is -2.26. The molecular formula is C14H18ClN3. The summed E-state index contributed by atoms with van der Waals surface area (Å²) in [5.41, 5.74) is 2.25. The average molecular weight is 264 g/mol. The molecule has 1 aromatic carbocycles. The van der Waals surface area contributed by atoms with Crippen LogP contribution in [0.5, 0.6) is 0 Å². The van der Waals surface area contributed by atoms with E-state index in [2.05, 4.69) is 28.4 Å². The quantitative estimate of drug-likeness (QED) is 0.892. The van der Waals surface area contributed by atoms with Crippen molar-refractivity contribution in [3.63, 3.8) is 0 Å². The molecule has 1 fully saturated rings. The second-order valence-electron chi connectivity index (χ2n) is 4.75. The Bertz CT molecular complexity index is 453. The average Bonchev–Trinajstić information content (AvgIpc) is 2.59. The molecule has 1 heterocycles. The third kappa shape index (κ3) is 3.16. The van der Waals surface area contributed by atoms with Crippen LogP contribution in [0.4, 0.5) is 5.69 Å². The van der Waals surface area contributed by atoms with Gasteiger partial charge in [0.2, 0.25) is 0 Å². The number of nitrogens with one attached hydrogen (secondary N) is 1. The first-order valence-corrected chi connectivity index (χ1v) is 6.70. The molecule has 0 spiro atoms. The number of hydrogen-bond donors (Lipinski definition) is 1. The van der Waals surface area contributed by atoms with Crippen molar-refractivity contribution in [3.8, 4) is 6.07 Å². The predicted octanol–water partition coefficient (Wildman–Crippen LogP) is 2.73. The zero-order valence-corrected chi connectivity index (χ0v) is 11.4. The van der Waals surface area contributed by atoms with Crippen LogP contribution >= 0.6 is 11.6 Å². The molecule has 0 bridgehead atoms. The summed E-state index contributed by atoms with van der Waals surface area (Å²) in [6, 6.07) is 8.67. The number of nitriles is 1. The number of hydrogen-bond acceptors (Lipinski definition) is 3. The number of benzene rings is 1. The predicted molar refractivity (Wildman–Crippen MR) is 75.0 cm³/mol. The van der Waals surface area contributed by atoms with E-state index < -0.39 is 0 Å². The van der Waals surface area contributed by atoms with Gasteiger partial charge in [-0.25, -0.2) is 0 Å². The third-order valence-electron chi connectivity index (χ3n) is 3.34. The maximum atomic E-state index is 8.82. The largest absolute Gasteiger partial charge is 0.370 e. The van der Waals surface area contributed by atoms with Gasteiger partial charge < -0.3 is 10.2 Å². The van der Waals surface area contributed by atoms with Crippen molar-refractivity contribution in [2.24, 2.45) is 0 Å². The number of aryl methyl sites for hydroxylation is 1. The molecule has 1 unspecified atom stereocenters. The van der Waals surface area contributed by atoms with E-state index in [0.29, 0.717) is 6.42 Å². The van der Waals surface area contributed by atoms with E-state index in [9.17, 15) is 0 Å². The van der Waals surface area contributed by atoms with Gasteiger partial charge in [-0.2, -0.15) is 5.26 Å². The zero-order valence-electron chi connectivity index (χ0n) is 10.6. The van der Waals surface area contributed by atoms with Gasteiger partial charge in [0.15, 0.2) is 0 Å². The highest BCUT2D eigenvalue weighted by Crippen LogP contribution is 2.24. The van der Waals surface area contributed by atoms with Crippen LogP contribution in [0, 0.1) is 18.3 Å². The summed E-state index contributed by atoms with van der Waals surface area (Å²) in [7, 11) is 0. The summed E-state index contributed by atoms with van der Waals surface area (Å²) in [4.78, 5) is 2.31. The molecule has 0 amide bonds. The molecule has 1 aromatic rings. The Hall–Kier alpha value is -1.24. The highest BCUT2D eigenvalue weighted by Gasteiger charge is 2.18. The van der Waals surface area contributed by atoms with Crippen molar-refractivity contribution in [1.29, 1.82) is 5.26 Å². The van der Waals surface area contributed by atoms with Gasteiger partial charge in [0.05, 0.1) is 12.5 Å². The minimum atomic E-state index is 0.248. The van der Waals surface area contributed by atoms with Gasteiger partial charge in [-0.3, -0.25) is 0 Å². The Morgan fingerprint density at radius 1 is 1.56 bits per heavy atom. The van der Waals surface area contributed by atoms with Crippen molar-refractivity contribution in [3.05, 3.63) is 28.8 Å². The molecule has 0 aliphatic carbocycles. The molecule has 4 heteroatoms. The maximum Gasteiger partial charge on any atom is 0.0638 e. The number of halogens is 1. The van der Waals surface area contributed by atoms with E-state index in [1.807, 2.05) is 13.0 Å². The molecule has 18 heavy (non-hydrogen) atoms. The van der Waals surface area contributed by atoms with E-state index in [-0.39, 0.29) is 6.04 Å². The fraction of sp³-hybridized carbons (Fsp3) is 0.500. The Morgan fingerprint density at radius 2 is 2.39 bits per heavy atom. The molecule has 1 aliphatic rings. The van der Waals surface area contributed by atoms with Gasteiger partial charge in [-0.15, -0.1) is 0 Å². The Kier molecular flexibility index (Phi) is 4.46. The van der Waals surface area contributed by atoms with E-state index in [1.165, 1.54) is 0 Å². The second kappa shape index (κ2) is 6.08. The van der Waals surface area contributed by atoms with Gasteiger partial charge in [0.25, 0.3) is 0 Å². The zero-order chi connectivity index (χ0) is 13.0. The maximum absolute atomic E-state index is 8.82. The standard InChI is InChI=1S/C14H18ClN3/c1-11-3-4-13(9-14(11)15)18-8-2-7-17-12(10-18)5-6-16/h3-4,9,12,17H,2,5,7-8,10H2,1H3. The molecule has 0 saturated carbocycles. The fourth-order valence-electron chi connectivity index (χ4n) is 2.26. The Balaban J connectivity index is 2.15. The van der Waals surface area contributed by atoms with Gasteiger partial charge in [-0.1, -0.05) is 17.7 Å². The van der Waals surface area contributed by atoms with Crippen molar-refractivity contribution in [2.75, 3.05) is 24.5 Å². The summed E-state index contributed by atoms with van der Waals surface area (Å²) >= 11 is 6.18. The Labute approximate surface area is 113 Å². The highest BCUT2D eigenvalue weighted by molar-refractivity contribution is 6.31. The summed E-state index contributed by atoms with van der Waals surface area (Å²) in [6.45, 7) is 4.86. The fourth-order valence-corrected chi connectivity index (χ4v) is 2.43. The van der Waals surface area contributed by atoms with Crippen LogP contribution in [-0.4, -0.2) is 25.7 Å². The minimum Gasteiger partial charge on any atom is -0.370 e. The molecule has 1 atom stereocenters. The SMILES string of the molecule is Cc1ccc(N2CCCNC(CC#N)C2)cc1Cl. The lowest BCUT2D eigenvalue weighted by Crippen LogP contribution is -2.37. The highest BCUT2D eigenvalue weighted by atomic mass is 35.5. The van der Waals surface area contributed by atoms with Crippen LogP contribution in [-0.2, 0) is 0 Å². The number of nitrogens with zero attached hydrogens (tertiary/aromatic N) is 2. The van der Waals surface area contributed by atoms with Crippen molar-refractivity contribution in [1.82, 2.24) is 5.32 Å². The number of rotatable bonds is 2. The first kappa shape index (κ1) is 13.2. The molecule has 1 saturated heterocycles. The molecule has 3 nitrogen and oxygen atoms in total. The Morgan fingerprint density at radius 3 is 3.11 bits per heavy atom. The van der Waals surface area contributed by atoms with Crippen molar-refractivity contribution < 1.29 is 0 Å². The number of anilines is 1. The van der Waals surface area contributed by atoms with Gasteiger partial charge >= 0.3 is 0 Å². The summed E-state index contributed by atoms with van der Waals surface area (Å²) in [5.74, 6) is 0. The molecular weight excluding hydrogens is 246 g/mol. The molecule has 2 rings (SSSR count). The van der Waals surface area contributed by atoms with Crippen LogP contribution in [0.1, 0.15) is 18.4 Å². The molecule has 0 aromatic heterocycles. The summed E-state index contributed by atoms with van der Waals surface area (Å²) in [6.07, 6.45) is 1.64. The smallest absolute Gasteiger partial charge is 0.0638 e. The van der Waals surface area contributed by atoms with E-state index in [4.69, 9.17) is 16.9 Å². The van der Waals surface area contributed by atoms with Gasteiger partial charge in [-0.05, 0) is 37.6 Å². The van der Waals surface area contributed by atoms with Gasteiger partial charge in [0.1, 0.15) is 0 Å². The first-order chi connectivity index (χ1) is 8.70. The van der Waals surface area contributed by atoms with Crippen LogP contribution in [0.15, 0.2) is 18.2 Å². The third-order valence-corrected chi connectivity index (χ3v) is 3.74. The lowest BCUT2D eigenvalue weighted by atomic mass is 10.1. The van der Waals surface area contributed by atoms with E-state index in [0.717, 1.165) is 42.3 Å². The topological polar surface area (TPSA) is 39.1 Å². The van der Waals surface area contributed by atoms with Crippen LogP contribution < -0.4 is 10.2 Å². The lowest BCUT2D eigenvalue weighted by molar-refractivity contribution is 0.552. The second-order valence-corrected chi connectivity index (χ2v) is 5.15. The minimum absolute atomic E-state index is 0.248.